The number of hydrogen-bond donors (Lipinski definition) is 0. The normalized spacial score (nSPS) is 11.3. The van der Waals surface area contributed by atoms with Crippen molar-refractivity contribution in [2.75, 3.05) is 0 Å². The molecule has 0 aliphatic rings. The number of hydrogen-bond acceptors (Lipinski definition) is 4. The monoisotopic (exact) mass is 304 g/mol. The summed E-state index contributed by atoms with van der Waals surface area (Å²) in [6.07, 6.45) is 4.83. The number of rotatable bonds is 6. The maximum Gasteiger partial charge on any atom is 0.146 e. The molecule has 0 atom stereocenters. The van der Waals surface area contributed by atoms with Gasteiger partial charge < -0.3 is 9.15 Å². The third-order valence-electron chi connectivity index (χ3n) is 3.11. The number of benzene rings is 2. The highest BCUT2D eigenvalue weighted by Crippen LogP contribution is 2.14. The van der Waals surface area contributed by atoms with Crippen LogP contribution >= 0.6 is 0 Å². The predicted molar refractivity (Wildman–Crippen MR) is 91.1 cm³/mol. The summed E-state index contributed by atoms with van der Waals surface area (Å²) in [6.45, 7) is 0.540. The van der Waals surface area contributed by atoms with Crippen LogP contribution in [-0.4, -0.2) is 12.4 Å². The van der Waals surface area contributed by atoms with Gasteiger partial charge in [-0.2, -0.15) is 10.2 Å². The Labute approximate surface area is 134 Å². The fourth-order valence-corrected chi connectivity index (χ4v) is 1.98. The fraction of sp³-hybridized carbons (Fsp3) is 0.0526. The van der Waals surface area contributed by atoms with Crippen LogP contribution in [0.3, 0.4) is 0 Å². The molecule has 0 radical (unpaired) electrons. The number of furan rings is 1. The van der Waals surface area contributed by atoms with Crippen molar-refractivity contribution in [1.29, 1.82) is 0 Å². The Kier molecular flexibility index (Phi) is 4.98. The first-order valence-electron chi connectivity index (χ1n) is 7.27. The van der Waals surface area contributed by atoms with E-state index in [4.69, 9.17) is 9.15 Å². The van der Waals surface area contributed by atoms with Crippen molar-refractivity contribution in [2.24, 2.45) is 10.2 Å². The molecule has 4 heteroatoms. The van der Waals surface area contributed by atoms with Crippen molar-refractivity contribution < 1.29 is 9.15 Å². The maximum atomic E-state index is 5.78. The first-order chi connectivity index (χ1) is 11.4. The average molecular weight is 304 g/mol. The molecule has 0 bridgehead atoms. The number of ether oxygens (including phenoxy) is 1. The van der Waals surface area contributed by atoms with Gasteiger partial charge in [0.05, 0.1) is 18.7 Å². The molecule has 0 fully saturated rings. The van der Waals surface area contributed by atoms with E-state index in [9.17, 15) is 0 Å². The minimum Gasteiger partial charge on any atom is -0.489 e. The molecule has 0 amide bonds. The lowest BCUT2D eigenvalue weighted by Gasteiger charge is -2.06. The Morgan fingerprint density at radius 1 is 0.870 bits per heavy atom. The first-order valence-corrected chi connectivity index (χ1v) is 7.27. The third kappa shape index (κ3) is 4.68. The topological polar surface area (TPSA) is 47.1 Å². The molecule has 0 N–H and O–H groups in total. The van der Waals surface area contributed by atoms with Crippen LogP contribution in [0.1, 0.15) is 16.9 Å². The van der Waals surface area contributed by atoms with Crippen molar-refractivity contribution in [3.05, 3.63) is 89.9 Å². The molecule has 3 rings (SSSR count). The summed E-state index contributed by atoms with van der Waals surface area (Å²) < 4.78 is 10.9. The van der Waals surface area contributed by atoms with Gasteiger partial charge in [0.2, 0.25) is 0 Å². The van der Waals surface area contributed by atoms with Gasteiger partial charge in [-0.3, -0.25) is 0 Å². The van der Waals surface area contributed by atoms with Gasteiger partial charge in [-0.1, -0.05) is 42.5 Å². The van der Waals surface area contributed by atoms with Crippen LogP contribution in [0, 0.1) is 0 Å². The van der Waals surface area contributed by atoms with Crippen molar-refractivity contribution >= 4 is 12.4 Å². The summed E-state index contributed by atoms with van der Waals surface area (Å²) in [6, 6.07) is 21.4. The highest BCUT2D eigenvalue weighted by atomic mass is 16.5. The van der Waals surface area contributed by atoms with Gasteiger partial charge in [0.25, 0.3) is 0 Å². The Morgan fingerprint density at radius 2 is 1.74 bits per heavy atom. The molecule has 0 saturated carbocycles. The van der Waals surface area contributed by atoms with Crippen molar-refractivity contribution in [3.8, 4) is 5.75 Å². The molecule has 2 aromatic carbocycles. The SMILES string of the molecule is C(=NN=Cc1ccco1)c1cccc(OCc2ccccc2)c1. The smallest absolute Gasteiger partial charge is 0.146 e. The van der Waals surface area contributed by atoms with E-state index in [0.717, 1.165) is 16.9 Å². The van der Waals surface area contributed by atoms with Crippen molar-refractivity contribution in [2.45, 2.75) is 6.61 Å². The Morgan fingerprint density at radius 3 is 2.57 bits per heavy atom. The second-order valence-electron chi connectivity index (χ2n) is 4.85. The molecule has 0 unspecified atom stereocenters. The van der Waals surface area contributed by atoms with Gasteiger partial charge in [-0.15, -0.1) is 0 Å². The second kappa shape index (κ2) is 7.75. The lowest BCUT2D eigenvalue weighted by atomic mass is 10.2. The minimum absolute atomic E-state index is 0.540. The van der Waals surface area contributed by atoms with Crippen LogP contribution in [0.5, 0.6) is 5.75 Å². The highest BCUT2D eigenvalue weighted by Gasteiger charge is 1.96. The lowest BCUT2D eigenvalue weighted by molar-refractivity contribution is 0.306. The molecule has 3 aromatic rings. The molecule has 23 heavy (non-hydrogen) atoms. The van der Waals surface area contributed by atoms with E-state index < -0.39 is 0 Å². The Bertz CT molecular complexity index is 778. The summed E-state index contributed by atoms with van der Waals surface area (Å²) in [5, 5.41) is 7.95. The van der Waals surface area contributed by atoms with E-state index in [1.54, 1.807) is 24.8 Å². The predicted octanol–water partition coefficient (Wildman–Crippen LogP) is 4.31. The zero-order chi connectivity index (χ0) is 15.7. The third-order valence-corrected chi connectivity index (χ3v) is 3.11. The van der Waals surface area contributed by atoms with Gasteiger partial charge in [-0.05, 0) is 35.4 Å². The minimum atomic E-state index is 0.540. The van der Waals surface area contributed by atoms with Gasteiger partial charge in [0.1, 0.15) is 18.1 Å². The summed E-state index contributed by atoms with van der Waals surface area (Å²) in [4.78, 5) is 0. The standard InChI is InChI=1S/C19H16N2O2/c1-2-6-16(7-3-1)15-23-18-9-4-8-17(12-18)13-20-21-14-19-10-5-11-22-19/h1-14H,15H2. The molecule has 1 aromatic heterocycles. The summed E-state index contributed by atoms with van der Waals surface area (Å²) in [5.41, 5.74) is 2.06. The van der Waals surface area contributed by atoms with Crippen LogP contribution in [0.25, 0.3) is 0 Å². The maximum absolute atomic E-state index is 5.78. The highest BCUT2D eigenvalue weighted by molar-refractivity contribution is 5.81. The largest absolute Gasteiger partial charge is 0.489 e. The van der Waals surface area contributed by atoms with Crippen LogP contribution in [0.15, 0.2) is 87.6 Å². The van der Waals surface area contributed by atoms with E-state index in [1.165, 1.54) is 0 Å². The molecule has 0 saturated heterocycles. The molecule has 1 heterocycles. The quantitative estimate of drug-likeness (QED) is 0.503. The zero-order valence-electron chi connectivity index (χ0n) is 12.5. The van der Waals surface area contributed by atoms with Gasteiger partial charge in [-0.25, -0.2) is 0 Å². The molecule has 4 nitrogen and oxygen atoms in total. The van der Waals surface area contributed by atoms with Crippen LogP contribution in [0.2, 0.25) is 0 Å². The molecule has 0 aliphatic heterocycles. The van der Waals surface area contributed by atoms with Crippen molar-refractivity contribution in [3.63, 3.8) is 0 Å². The molecular formula is C19H16N2O2. The molecule has 0 spiro atoms. The van der Waals surface area contributed by atoms with Crippen LogP contribution in [0.4, 0.5) is 0 Å². The Hall–Kier alpha value is -3.14. The lowest BCUT2D eigenvalue weighted by Crippen LogP contribution is -1.95. The van der Waals surface area contributed by atoms with E-state index in [1.807, 2.05) is 60.7 Å². The zero-order valence-corrected chi connectivity index (χ0v) is 12.5. The molecule has 0 aliphatic carbocycles. The first kappa shape index (κ1) is 14.8. The summed E-state index contributed by atoms with van der Waals surface area (Å²) in [7, 11) is 0. The fourth-order valence-electron chi connectivity index (χ4n) is 1.98. The van der Waals surface area contributed by atoms with E-state index in [2.05, 4.69) is 10.2 Å². The summed E-state index contributed by atoms with van der Waals surface area (Å²) in [5.74, 6) is 1.47. The Balaban J connectivity index is 1.58. The average Bonchev–Trinajstić information content (AvgIpc) is 3.12. The second-order valence-corrected chi connectivity index (χ2v) is 4.85. The van der Waals surface area contributed by atoms with Crippen molar-refractivity contribution in [1.82, 2.24) is 0 Å². The number of nitrogens with zero attached hydrogens (tertiary/aromatic N) is 2. The van der Waals surface area contributed by atoms with Crippen LogP contribution in [-0.2, 0) is 6.61 Å². The van der Waals surface area contributed by atoms with Gasteiger partial charge in [0.15, 0.2) is 0 Å². The van der Waals surface area contributed by atoms with Gasteiger partial charge >= 0.3 is 0 Å². The van der Waals surface area contributed by atoms with Gasteiger partial charge in [0, 0.05) is 0 Å². The van der Waals surface area contributed by atoms with E-state index in [-0.39, 0.29) is 0 Å². The van der Waals surface area contributed by atoms with E-state index >= 15 is 0 Å². The molecular weight excluding hydrogens is 288 g/mol. The molecule has 114 valence electrons. The van der Waals surface area contributed by atoms with E-state index in [0.29, 0.717) is 12.4 Å². The summed E-state index contributed by atoms with van der Waals surface area (Å²) >= 11 is 0. The van der Waals surface area contributed by atoms with Crippen LogP contribution < -0.4 is 4.74 Å².